The van der Waals surface area contributed by atoms with Crippen molar-refractivity contribution < 1.29 is 0 Å². The van der Waals surface area contributed by atoms with Gasteiger partial charge in [0.2, 0.25) is 0 Å². The maximum atomic E-state index is 6.06. The largest absolute Gasteiger partial charge is 0.276 e. The summed E-state index contributed by atoms with van der Waals surface area (Å²) in [6.07, 6.45) is 0. The van der Waals surface area contributed by atoms with Gasteiger partial charge in [-0.1, -0.05) is 39.7 Å². The quantitative estimate of drug-likeness (QED) is 0.334. The van der Waals surface area contributed by atoms with Crippen molar-refractivity contribution in [2.24, 2.45) is 0 Å². The molecule has 0 bridgehead atoms. The van der Waals surface area contributed by atoms with E-state index in [0.717, 1.165) is 43.4 Å². The van der Waals surface area contributed by atoms with Crippen molar-refractivity contribution in [3.05, 3.63) is 76.2 Å². The zero-order chi connectivity index (χ0) is 17.0. The van der Waals surface area contributed by atoms with E-state index < -0.39 is 0 Å². The Balaban J connectivity index is 2.01. The van der Waals surface area contributed by atoms with E-state index in [1.165, 1.54) is 0 Å². The lowest BCUT2D eigenvalue weighted by Crippen LogP contribution is -1.98. The molecule has 120 valence electrons. The van der Waals surface area contributed by atoms with Crippen LogP contribution in [0.15, 0.2) is 71.2 Å². The Bertz CT molecular complexity index is 1260. The Hall–Kier alpha value is -2.43. The van der Waals surface area contributed by atoms with Crippen molar-refractivity contribution in [2.75, 3.05) is 0 Å². The molecule has 0 aliphatic rings. The van der Waals surface area contributed by atoms with Crippen molar-refractivity contribution in [1.29, 1.82) is 0 Å². The highest BCUT2D eigenvalue weighted by Gasteiger charge is 2.15. The molecule has 0 saturated heterocycles. The molecule has 3 nitrogen and oxygen atoms in total. The minimum atomic E-state index is 0.709. The molecule has 2 heterocycles. The summed E-state index contributed by atoms with van der Waals surface area (Å²) >= 11 is 9.61. The van der Waals surface area contributed by atoms with Gasteiger partial charge >= 0.3 is 0 Å². The van der Waals surface area contributed by atoms with Crippen LogP contribution in [-0.2, 0) is 0 Å². The number of aromatic nitrogens is 3. The first-order valence-corrected chi connectivity index (χ1v) is 9.00. The third kappa shape index (κ3) is 2.33. The smallest absolute Gasteiger partial charge is 0.149 e. The average molecular weight is 409 g/mol. The van der Waals surface area contributed by atoms with Gasteiger partial charge in [0.25, 0.3) is 0 Å². The van der Waals surface area contributed by atoms with Crippen LogP contribution in [0.3, 0.4) is 0 Å². The Labute approximate surface area is 157 Å². The third-order valence-corrected chi connectivity index (χ3v) is 5.05. The number of nitrogens with zero attached hydrogens (tertiary/aromatic N) is 3. The molecule has 0 amide bonds. The van der Waals surface area contributed by atoms with Gasteiger partial charge in [0.1, 0.15) is 11.5 Å². The zero-order valence-electron chi connectivity index (χ0n) is 12.9. The number of para-hydroxylation sites is 2. The molecule has 0 radical (unpaired) electrons. The highest BCUT2D eigenvalue weighted by atomic mass is 79.9. The Kier molecular flexibility index (Phi) is 3.30. The van der Waals surface area contributed by atoms with Crippen molar-refractivity contribution in [3.8, 4) is 11.4 Å². The molecule has 0 N–H and O–H groups in total. The molecule has 5 heteroatoms. The number of hydrogen-bond donors (Lipinski definition) is 0. The minimum absolute atomic E-state index is 0.709. The predicted molar refractivity (Wildman–Crippen MR) is 106 cm³/mol. The lowest BCUT2D eigenvalue weighted by atomic mass is 10.2. The summed E-state index contributed by atoms with van der Waals surface area (Å²) < 4.78 is 3.13. The van der Waals surface area contributed by atoms with Gasteiger partial charge in [-0.15, -0.1) is 0 Å². The van der Waals surface area contributed by atoms with E-state index in [1.54, 1.807) is 0 Å². The van der Waals surface area contributed by atoms with Crippen LogP contribution in [0, 0.1) is 0 Å². The number of imidazole rings is 1. The third-order valence-electron chi connectivity index (χ3n) is 4.30. The Morgan fingerprint density at radius 1 is 0.840 bits per heavy atom. The SMILES string of the molecule is Clc1ccc(-c2nc3ccc(Br)cc3c3nc4ccccc4n23)cc1. The van der Waals surface area contributed by atoms with Crippen LogP contribution in [0.2, 0.25) is 5.02 Å². The molecule has 5 aromatic rings. The van der Waals surface area contributed by atoms with Gasteiger partial charge in [0, 0.05) is 20.4 Å². The van der Waals surface area contributed by atoms with Gasteiger partial charge in [-0.05, 0) is 54.6 Å². The molecule has 5 rings (SSSR count). The number of benzene rings is 3. The number of rotatable bonds is 1. The monoisotopic (exact) mass is 407 g/mol. The van der Waals surface area contributed by atoms with Crippen LogP contribution in [-0.4, -0.2) is 14.4 Å². The van der Waals surface area contributed by atoms with E-state index >= 15 is 0 Å². The van der Waals surface area contributed by atoms with E-state index in [9.17, 15) is 0 Å². The standard InChI is InChI=1S/C20H11BrClN3/c21-13-7-10-16-15(11-13)20-24-17-3-1-2-4-18(17)25(20)19(23-16)12-5-8-14(22)9-6-12/h1-11H. The second kappa shape index (κ2) is 5.55. The van der Waals surface area contributed by atoms with Gasteiger partial charge in [-0.25, -0.2) is 9.97 Å². The van der Waals surface area contributed by atoms with Gasteiger partial charge in [-0.2, -0.15) is 0 Å². The first-order valence-electron chi connectivity index (χ1n) is 7.83. The summed E-state index contributed by atoms with van der Waals surface area (Å²) in [4.78, 5) is 9.79. The molecule has 0 aliphatic heterocycles. The second-order valence-electron chi connectivity index (χ2n) is 5.86. The lowest BCUT2D eigenvalue weighted by molar-refractivity contribution is 1.16. The number of halogens is 2. The van der Waals surface area contributed by atoms with Crippen LogP contribution in [0.1, 0.15) is 0 Å². The molecule has 3 aromatic carbocycles. The highest BCUT2D eigenvalue weighted by Crippen LogP contribution is 2.31. The Morgan fingerprint density at radius 3 is 2.48 bits per heavy atom. The summed E-state index contributed by atoms with van der Waals surface area (Å²) in [5, 5.41) is 1.73. The van der Waals surface area contributed by atoms with E-state index in [-0.39, 0.29) is 0 Å². The number of hydrogen-bond acceptors (Lipinski definition) is 2. The topological polar surface area (TPSA) is 30.2 Å². The molecule has 0 fully saturated rings. The molecule has 0 saturated carbocycles. The maximum Gasteiger partial charge on any atom is 0.149 e. The maximum absolute atomic E-state index is 6.06. The fourth-order valence-electron chi connectivity index (χ4n) is 3.16. The van der Waals surface area contributed by atoms with E-state index in [2.05, 4.69) is 32.5 Å². The average Bonchev–Trinajstić information content (AvgIpc) is 3.02. The fraction of sp³-hybridized carbons (Fsp3) is 0. The minimum Gasteiger partial charge on any atom is -0.276 e. The van der Waals surface area contributed by atoms with Crippen molar-refractivity contribution >= 4 is 55.1 Å². The molecule has 0 spiro atoms. The summed E-state index contributed by atoms with van der Waals surface area (Å²) in [5.41, 5.74) is 4.81. The molecule has 0 aliphatic carbocycles. The molecule has 2 aromatic heterocycles. The van der Waals surface area contributed by atoms with E-state index in [4.69, 9.17) is 21.6 Å². The van der Waals surface area contributed by atoms with Crippen LogP contribution in [0.4, 0.5) is 0 Å². The van der Waals surface area contributed by atoms with Crippen LogP contribution in [0.25, 0.3) is 39.0 Å². The summed E-state index contributed by atoms with van der Waals surface area (Å²) in [7, 11) is 0. The van der Waals surface area contributed by atoms with Gasteiger partial charge < -0.3 is 0 Å². The van der Waals surface area contributed by atoms with Gasteiger partial charge in [0.05, 0.1) is 16.6 Å². The van der Waals surface area contributed by atoms with Crippen LogP contribution < -0.4 is 0 Å². The van der Waals surface area contributed by atoms with Crippen molar-refractivity contribution in [2.45, 2.75) is 0 Å². The van der Waals surface area contributed by atoms with Gasteiger partial charge in [0.15, 0.2) is 0 Å². The first-order chi connectivity index (χ1) is 12.2. The zero-order valence-corrected chi connectivity index (χ0v) is 15.3. The first kappa shape index (κ1) is 14.9. The lowest BCUT2D eigenvalue weighted by Gasteiger charge is -2.09. The van der Waals surface area contributed by atoms with Crippen molar-refractivity contribution in [1.82, 2.24) is 14.4 Å². The highest BCUT2D eigenvalue weighted by molar-refractivity contribution is 9.10. The molecule has 0 atom stereocenters. The summed E-state index contributed by atoms with van der Waals surface area (Å²) in [5.74, 6) is 0.857. The van der Waals surface area contributed by atoms with E-state index in [0.29, 0.717) is 5.02 Å². The summed E-state index contributed by atoms with van der Waals surface area (Å²) in [6.45, 7) is 0. The number of fused-ring (bicyclic) bond motifs is 5. The normalized spacial score (nSPS) is 11.6. The molecule has 25 heavy (non-hydrogen) atoms. The van der Waals surface area contributed by atoms with Crippen LogP contribution >= 0.6 is 27.5 Å². The summed E-state index contributed by atoms with van der Waals surface area (Å²) in [6, 6.07) is 21.9. The van der Waals surface area contributed by atoms with Crippen LogP contribution in [0.5, 0.6) is 0 Å². The predicted octanol–water partition coefficient (Wildman–Crippen LogP) is 6.12. The second-order valence-corrected chi connectivity index (χ2v) is 7.22. The molecular formula is C20H11BrClN3. The Morgan fingerprint density at radius 2 is 1.64 bits per heavy atom. The molecule has 0 unspecified atom stereocenters. The fourth-order valence-corrected chi connectivity index (χ4v) is 3.65. The van der Waals surface area contributed by atoms with E-state index in [1.807, 2.05) is 54.6 Å². The van der Waals surface area contributed by atoms with Crippen molar-refractivity contribution in [3.63, 3.8) is 0 Å². The van der Waals surface area contributed by atoms with Gasteiger partial charge in [-0.3, -0.25) is 4.40 Å². The molecular weight excluding hydrogens is 398 g/mol.